The van der Waals surface area contributed by atoms with Crippen molar-refractivity contribution in [3.05, 3.63) is 41.6 Å². The summed E-state index contributed by atoms with van der Waals surface area (Å²) < 4.78 is 5.39. The van der Waals surface area contributed by atoms with E-state index in [-0.39, 0.29) is 0 Å². The van der Waals surface area contributed by atoms with Crippen molar-refractivity contribution < 1.29 is 9.53 Å². The first-order valence-corrected chi connectivity index (χ1v) is 10.6. The van der Waals surface area contributed by atoms with Gasteiger partial charge in [0.2, 0.25) is 6.41 Å². The Morgan fingerprint density at radius 1 is 1.21 bits per heavy atom. The number of anilines is 2. The molecule has 0 radical (unpaired) electrons. The molecule has 2 aliphatic rings. The van der Waals surface area contributed by atoms with Crippen LogP contribution in [0.4, 0.5) is 11.5 Å². The number of carbonyl (C=O) groups is 1. The molecule has 2 aromatic rings. The fraction of sp³-hybridized carbons (Fsp3) is 0.455. The van der Waals surface area contributed by atoms with Gasteiger partial charge in [0.1, 0.15) is 5.82 Å². The molecule has 29 heavy (non-hydrogen) atoms. The third kappa shape index (κ3) is 6.99. The van der Waals surface area contributed by atoms with Gasteiger partial charge in [-0.2, -0.15) is 0 Å². The number of nitrogens with zero attached hydrogens (tertiary/aromatic N) is 1. The highest BCUT2D eigenvalue weighted by molar-refractivity contribution is 6.33. The summed E-state index contributed by atoms with van der Waals surface area (Å²) in [6, 6.07) is 9.86. The van der Waals surface area contributed by atoms with E-state index in [9.17, 15) is 4.79 Å². The second-order valence-electron chi connectivity index (χ2n) is 7.29. The minimum Gasteiger partial charge on any atom is -0.385 e. The number of amides is 1. The molecule has 6 nitrogen and oxygen atoms in total. The number of pyridine rings is 1. The number of hydrogen-bond acceptors (Lipinski definition) is 5. The van der Waals surface area contributed by atoms with Gasteiger partial charge in [-0.3, -0.25) is 4.79 Å². The molecule has 0 bridgehead atoms. The lowest BCUT2D eigenvalue weighted by atomic mass is 10.00. The lowest BCUT2D eigenvalue weighted by Gasteiger charge is -2.22. The lowest BCUT2D eigenvalue weighted by molar-refractivity contribution is -0.105. The van der Waals surface area contributed by atoms with Crippen LogP contribution < -0.4 is 16.0 Å². The summed E-state index contributed by atoms with van der Waals surface area (Å²) in [7, 11) is 0. The summed E-state index contributed by atoms with van der Waals surface area (Å²) in [5, 5.41) is 9.82. The Balaban J connectivity index is 0.000000419. The van der Waals surface area contributed by atoms with Gasteiger partial charge in [0.05, 0.1) is 5.02 Å². The first kappa shape index (κ1) is 21.6. The molecule has 4 rings (SSSR count). The maximum Gasteiger partial charge on any atom is 0.212 e. The first-order chi connectivity index (χ1) is 14.3. The Bertz CT molecular complexity index is 770. The van der Waals surface area contributed by atoms with Crippen LogP contribution in [0.25, 0.3) is 11.1 Å². The van der Waals surface area contributed by atoms with E-state index in [1.54, 1.807) is 12.3 Å². The zero-order valence-electron chi connectivity index (χ0n) is 16.6. The summed E-state index contributed by atoms with van der Waals surface area (Å²) in [4.78, 5) is 14.7. The summed E-state index contributed by atoms with van der Waals surface area (Å²) in [5.74, 6) is 1.13. The van der Waals surface area contributed by atoms with Crippen molar-refractivity contribution in [3.63, 3.8) is 0 Å². The molecule has 0 atom stereocenters. The van der Waals surface area contributed by atoms with Crippen LogP contribution in [0.3, 0.4) is 0 Å². The van der Waals surface area contributed by atoms with Crippen molar-refractivity contribution in [2.75, 3.05) is 43.5 Å². The molecule has 0 aliphatic carbocycles. The minimum absolute atomic E-state index is 0.477. The highest BCUT2D eigenvalue weighted by Gasteiger charge is 2.13. The van der Waals surface area contributed by atoms with Crippen molar-refractivity contribution in [3.8, 4) is 11.1 Å². The standard InChI is InChI=1S/C18H20ClN3O2.C4H9N/c19-17-11-21-18(22-12-23)9-16(17)14-2-1-3-15(8-14)20-10-13-4-6-24-7-5-13;1-2-4-5-3-1/h1-3,8-9,11-13,20H,4-7,10H2,(H,21,22,23);5H,1-4H2. The third-order valence-corrected chi connectivity index (χ3v) is 5.43. The van der Waals surface area contributed by atoms with Crippen LogP contribution in [0.5, 0.6) is 0 Å². The number of benzene rings is 1. The average molecular weight is 417 g/mol. The predicted molar refractivity (Wildman–Crippen MR) is 119 cm³/mol. The number of carbonyl (C=O) groups excluding carboxylic acids is 1. The molecular weight excluding hydrogens is 388 g/mol. The van der Waals surface area contributed by atoms with Crippen LogP contribution >= 0.6 is 11.6 Å². The van der Waals surface area contributed by atoms with E-state index in [2.05, 4.69) is 27.0 Å². The highest BCUT2D eigenvalue weighted by Crippen LogP contribution is 2.31. The van der Waals surface area contributed by atoms with Gasteiger partial charge in [-0.1, -0.05) is 23.7 Å². The van der Waals surface area contributed by atoms with Crippen LogP contribution in [0.15, 0.2) is 36.5 Å². The smallest absolute Gasteiger partial charge is 0.212 e. The van der Waals surface area contributed by atoms with Crippen LogP contribution in [-0.4, -0.2) is 44.2 Å². The summed E-state index contributed by atoms with van der Waals surface area (Å²) in [6.07, 6.45) is 7.13. The van der Waals surface area contributed by atoms with Gasteiger partial charge in [-0.05, 0) is 68.5 Å². The van der Waals surface area contributed by atoms with E-state index < -0.39 is 0 Å². The number of nitrogens with one attached hydrogen (secondary N) is 3. The van der Waals surface area contributed by atoms with Gasteiger partial charge in [-0.15, -0.1) is 0 Å². The van der Waals surface area contributed by atoms with Gasteiger partial charge in [0, 0.05) is 37.2 Å². The van der Waals surface area contributed by atoms with Gasteiger partial charge in [0.15, 0.2) is 0 Å². The highest BCUT2D eigenvalue weighted by atomic mass is 35.5. The van der Waals surface area contributed by atoms with Gasteiger partial charge in [0.25, 0.3) is 0 Å². The molecule has 7 heteroatoms. The molecule has 1 amide bonds. The quantitative estimate of drug-likeness (QED) is 0.616. The number of halogens is 1. The summed E-state index contributed by atoms with van der Waals surface area (Å²) in [5.41, 5.74) is 2.87. The molecular formula is C22H29ClN4O2. The average Bonchev–Trinajstić information content (AvgIpc) is 3.35. The molecule has 0 spiro atoms. The number of ether oxygens (including phenoxy) is 1. The van der Waals surface area contributed by atoms with E-state index in [0.29, 0.717) is 23.2 Å². The van der Waals surface area contributed by atoms with Crippen molar-refractivity contribution in [1.82, 2.24) is 10.3 Å². The molecule has 3 N–H and O–H groups in total. The Kier molecular flexibility index (Phi) is 8.74. The SMILES string of the molecule is C1CCNC1.O=CNc1cc(-c2cccc(NCC3CCOCC3)c2)c(Cl)cn1. The van der Waals surface area contributed by atoms with Crippen molar-refractivity contribution in [2.24, 2.45) is 5.92 Å². The van der Waals surface area contributed by atoms with Gasteiger partial charge in [-0.25, -0.2) is 4.98 Å². The number of rotatable bonds is 6. The fourth-order valence-electron chi connectivity index (χ4n) is 3.43. The van der Waals surface area contributed by atoms with Crippen LogP contribution in [-0.2, 0) is 9.53 Å². The third-order valence-electron chi connectivity index (χ3n) is 5.13. The maximum absolute atomic E-state index is 10.6. The molecule has 1 aromatic heterocycles. The Hall–Kier alpha value is -2.15. The number of hydrogen-bond donors (Lipinski definition) is 3. The van der Waals surface area contributed by atoms with Gasteiger partial charge < -0.3 is 20.7 Å². The molecule has 2 saturated heterocycles. The molecule has 156 valence electrons. The molecule has 0 unspecified atom stereocenters. The van der Waals surface area contributed by atoms with Crippen molar-refractivity contribution in [2.45, 2.75) is 25.7 Å². The molecule has 3 heterocycles. The minimum atomic E-state index is 0.477. The normalized spacial score (nSPS) is 16.6. The Morgan fingerprint density at radius 2 is 2.00 bits per heavy atom. The van der Waals surface area contributed by atoms with Crippen LogP contribution in [0, 0.1) is 5.92 Å². The fourth-order valence-corrected chi connectivity index (χ4v) is 3.65. The van der Waals surface area contributed by atoms with E-state index >= 15 is 0 Å². The van der Waals surface area contributed by atoms with Crippen molar-refractivity contribution in [1.29, 1.82) is 0 Å². The second kappa shape index (κ2) is 11.8. The largest absolute Gasteiger partial charge is 0.385 e. The zero-order valence-corrected chi connectivity index (χ0v) is 17.4. The van der Waals surface area contributed by atoms with Crippen LogP contribution in [0.1, 0.15) is 25.7 Å². The zero-order chi connectivity index (χ0) is 20.3. The predicted octanol–water partition coefficient (Wildman–Crippen LogP) is 4.18. The van der Waals surface area contributed by atoms with E-state index in [1.807, 2.05) is 18.2 Å². The van der Waals surface area contributed by atoms with Crippen LogP contribution in [0.2, 0.25) is 5.02 Å². The molecule has 2 fully saturated rings. The Morgan fingerprint density at radius 3 is 2.69 bits per heavy atom. The van der Waals surface area contributed by atoms with E-state index in [1.165, 1.54) is 25.9 Å². The monoisotopic (exact) mass is 416 g/mol. The Labute approximate surface area is 177 Å². The molecule has 0 saturated carbocycles. The first-order valence-electron chi connectivity index (χ1n) is 10.2. The van der Waals surface area contributed by atoms with Crippen molar-refractivity contribution >= 4 is 29.5 Å². The van der Waals surface area contributed by atoms with E-state index in [0.717, 1.165) is 49.4 Å². The molecule has 2 aliphatic heterocycles. The maximum atomic E-state index is 10.6. The summed E-state index contributed by atoms with van der Waals surface area (Å²) in [6.45, 7) is 5.14. The topological polar surface area (TPSA) is 75.3 Å². The molecule has 1 aromatic carbocycles. The second-order valence-corrected chi connectivity index (χ2v) is 7.69. The lowest BCUT2D eigenvalue weighted by Crippen LogP contribution is -2.22. The number of aromatic nitrogens is 1. The van der Waals surface area contributed by atoms with Gasteiger partial charge >= 0.3 is 0 Å². The summed E-state index contributed by atoms with van der Waals surface area (Å²) >= 11 is 6.27. The van der Waals surface area contributed by atoms with E-state index in [4.69, 9.17) is 16.3 Å².